The van der Waals surface area contributed by atoms with Gasteiger partial charge in [0.2, 0.25) is 10.0 Å². The van der Waals surface area contributed by atoms with Crippen LogP contribution in [-0.4, -0.2) is 24.3 Å². The van der Waals surface area contributed by atoms with Gasteiger partial charge in [0.25, 0.3) is 0 Å². The Balaban J connectivity index is 1.60. The molecule has 0 atom stereocenters. The van der Waals surface area contributed by atoms with Gasteiger partial charge in [-0.25, -0.2) is 8.42 Å². The molecule has 0 radical (unpaired) electrons. The zero-order valence-electron chi connectivity index (χ0n) is 13.6. The molecule has 0 amide bonds. The van der Waals surface area contributed by atoms with Gasteiger partial charge >= 0.3 is 0 Å². The third kappa shape index (κ3) is 2.74. The van der Waals surface area contributed by atoms with Crippen LogP contribution in [0.25, 0.3) is 10.9 Å². The molecule has 0 fully saturated rings. The summed E-state index contributed by atoms with van der Waals surface area (Å²) < 4.78 is 27.2. The second-order valence-corrected chi connectivity index (χ2v) is 8.42. The van der Waals surface area contributed by atoms with Crippen LogP contribution in [0, 0.1) is 6.92 Å². The normalized spacial score (nSPS) is 15.5. The third-order valence-corrected chi connectivity index (χ3v) is 6.51. The molecule has 5 heteroatoms. The van der Waals surface area contributed by atoms with Crippen LogP contribution in [0.15, 0.2) is 48.5 Å². The Hall–Kier alpha value is -2.11. The first-order valence-electron chi connectivity index (χ1n) is 8.15. The molecule has 0 unspecified atom stereocenters. The van der Waals surface area contributed by atoms with Crippen molar-refractivity contribution in [3.8, 4) is 0 Å². The lowest BCUT2D eigenvalue weighted by Crippen LogP contribution is -2.36. The molecule has 3 aromatic rings. The zero-order chi connectivity index (χ0) is 16.7. The monoisotopic (exact) mass is 340 g/mol. The summed E-state index contributed by atoms with van der Waals surface area (Å²) in [4.78, 5) is 3.38. The van der Waals surface area contributed by atoms with E-state index in [4.69, 9.17) is 0 Å². The number of para-hydroxylation sites is 1. The summed E-state index contributed by atoms with van der Waals surface area (Å²) >= 11 is 0. The number of aromatic nitrogens is 1. The number of nitrogens with one attached hydrogen (secondary N) is 1. The van der Waals surface area contributed by atoms with Crippen LogP contribution < -0.4 is 0 Å². The molecule has 4 rings (SSSR count). The van der Waals surface area contributed by atoms with Crippen molar-refractivity contribution in [1.29, 1.82) is 0 Å². The van der Waals surface area contributed by atoms with Crippen molar-refractivity contribution in [3.63, 3.8) is 0 Å². The lowest BCUT2D eigenvalue weighted by Gasteiger charge is -2.26. The second-order valence-electron chi connectivity index (χ2n) is 6.45. The highest BCUT2D eigenvalue weighted by molar-refractivity contribution is 7.88. The first-order chi connectivity index (χ1) is 11.5. The number of nitrogens with zero attached hydrogens (tertiary/aromatic N) is 1. The Labute approximate surface area is 142 Å². The summed E-state index contributed by atoms with van der Waals surface area (Å²) in [6.07, 6.45) is 0.756. The third-order valence-electron chi connectivity index (χ3n) is 4.71. The SMILES string of the molecule is Cc1ccc(CS(=O)(=O)N2CCc3c([nH]c4ccccc34)C2)cc1. The predicted octanol–water partition coefficient (Wildman–Crippen LogP) is 3.36. The number of fused-ring (bicyclic) bond motifs is 3. The van der Waals surface area contributed by atoms with E-state index >= 15 is 0 Å². The summed E-state index contributed by atoms with van der Waals surface area (Å²) in [6, 6.07) is 15.9. The van der Waals surface area contributed by atoms with E-state index in [9.17, 15) is 8.42 Å². The Morgan fingerprint density at radius 1 is 1.08 bits per heavy atom. The van der Waals surface area contributed by atoms with Crippen molar-refractivity contribution in [2.45, 2.75) is 25.6 Å². The number of hydrogen-bond donors (Lipinski definition) is 1. The number of hydrogen-bond acceptors (Lipinski definition) is 2. The van der Waals surface area contributed by atoms with Gasteiger partial charge in [-0.2, -0.15) is 4.31 Å². The minimum absolute atomic E-state index is 0.0584. The molecule has 124 valence electrons. The minimum atomic E-state index is -3.32. The molecule has 0 spiro atoms. The number of H-pyrrole nitrogens is 1. The van der Waals surface area contributed by atoms with Gasteiger partial charge in [0.1, 0.15) is 0 Å². The standard InChI is InChI=1S/C19H20N2O2S/c1-14-6-8-15(9-7-14)13-24(22,23)21-11-10-17-16-4-2-3-5-18(16)20-19(17)12-21/h2-9,20H,10-13H2,1H3. The van der Waals surface area contributed by atoms with Crippen LogP contribution in [0.1, 0.15) is 22.4 Å². The average Bonchev–Trinajstić information content (AvgIpc) is 2.94. The molecule has 0 aliphatic carbocycles. The molecule has 1 N–H and O–H groups in total. The Morgan fingerprint density at radius 3 is 2.62 bits per heavy atom. The lowest BCUT2D eigenvalue weighted by atomic mass is 10.1. The van der Waals surface area contributed by atoms with Crippen LogP contribution in [0.2, 0.25) is 0 Å². The van der Waals surface area contributed by atoms with Crippen LogP contribution in [0.4, 0.5) is 0 Å². The molecule has 0 bridgehead atoms. The summed E-state index contributed by atoms with van der Waals surface area (Å²) in [5.41, 5.74) is 5.34. The largest absolute Gasteiger partial charge is 0.357 e. The van der Waals surface area contributed by atoms with Crippen molar-refractivity contribution < 1.29 is 8.42 Å². The predicted molar refractivity (Wildman–Crippen MR) is 96.2 cm³/mol. The van der Waals surface area contributed by atoms with Crippen molar-refractivity contribution in [1.82, 2.24) is 9.29 Å². The molecule has 1 aliphatic rings. The maximum absolute atomic E-state index is 12.8. The van der Waals surface area contributed by atoms with Gasteiger partial charge in [0.05, 0.1) is 12.3 Å². The fraction of sp³-hybridized carbons (Fsp3) is 0.263. The Morgan fingerprint density at radius 2 is 1.83 bits per heavy atom. The molecule has 0 saturated heterocycles. The van der Waals surface area contributed by atoms with E-state index in [0.29, 0.717) is 13.1 Å². The Bertz CT molecular complexity index is 988. The lowest BCUT2D eigenvalue weighted by molar-refractivity contribution is 0.388. The van der Waals surface area contributed by atoms with Crippen molar-refractivity contribution in [3.05, 3.63) is 70.9 Å². The fourth-order valence-corrected chi connectivity index (χ4v) is 4.88. The van der Waals surface area contributed by atoms with E-state index in [0.717, 1.165) is 28.8 Å². The number of aromatic amines is 1. The van der Waals surface area contributed by atoms with Gasteiger partial charge in [-0.15, -0.1) is 0 Å². The first-order valence-corrected chi connectivity index (χ1v) is 9.76. The molecule has 0 saturated carbocycles. The van der Waals surface area contributed by atoms with Crippen molar-refractivity contribution in [2.75, 3.05) is 6.54 Å². The highest BCUT2D eigenvalue weighted by Crippen LogP contribution is 2.29. The number of sulfonamides is 1. The molecule has 1 aliphatic heterocycles. The van der Waals surface area contributed by atoms with Crippen molar-refractivity contribution >= 4 is 20.9 Å². The van der Waals surface area contributed by atoms with E-state index in [1.165, 1.54) is 10.9 Å². The van der Waals surface area contributed by atoms with Gasteiger partial charge in [-0.3, -0.25) is 0 Å². The van der Waals surface area contributed by atoms with Gasteiger partial charge in [0.15, 0.2) is 0 Å². The molecular weight excluding hydrogens is 320 g/mol. The minimum Gasteiger partial charge on any atom is -0.357 e. The molecule has 2 heterocycles. The van der Waals surface area contributed by atoms with E-state index < -0.39 is 10.0 Å². The van der Waals surface area contributed by atoms with Crippen LogP contribution in [-0.2, 0) is 28.7 Å². The van der Waals surface area contributed by atoms with E-state index in [-0.39, 0.29) is 5.75 Å². The summed E-state index contributed by atoms with van der Waals surface area (Å²) in [5.74, 6) is 0.0584. The van der Waals surface area contributed by atoms with Gasteiger partial charge in [-0.1, -0.05) is 48.0 Å². The smallest absolute Gasteiger partial charge is 0.218 e. The van der Waals surface area contributed by atoms with Crippen LogP contribution in [0.5, 0.6) is 0 Å². The highest BCUT2D eigenvalue weighted by atomic mass is 32.2. The van der Waals surface area contributed by atoms with Crippen LogP contribution in [0.3, 0.4) is 0 Å². The topological polar surface area (TPSA) is 53.2 Å². The maximum Gasteiger partial charge on any atom is 0.218 e. The second kappa shape index (κ2) is 5.76. The molecular formula is C19H20N2O2S. The number of benzene rings is 2. The summed E-state index contributed by atoms with van der Waals surface area (Å²) in [6.45, 7) is 2.97. The zero-order valence-corrected chi connectivity index (χ0v) is 14.4. The molecule has 2 aromatic carbocycles. The maximum atomic E-state index is 12.8. The van der Waals surface area contributed by atoms with E-state index in [1.54, 1.807) is 4.31 Å². The molecule has 4 nitrogen and oxygen atoms in total. The van der Waals surface area contributed by atoms with Crippen LogP contribution >= 0.6 is 0 Å². The van der Waals surface area contributed by atoms with E-state index in [1.807, 2.05) is 49.4 Å². The fourth-order valence-electron chi connectivity index (χ4n) is 3.39. The first kappa shape index (κ1) is 15.4. The number of aryl methyl sites for hydroxylation is 1. The average molecular weight is 340 g/mol. The molecule has 24 heavy (non-hydrogen) atoms. The highest BCUT2D eigenvalue weighted by Gasteiger charge is 2.28. The summed E-state index contributed by atoms with van der Waals surface area (Å²) in [7, 11) is -3.32. The van der Waals surface area contributed by atoms with Gasteiger partial charge in [-0.05, 0) is 30.5 Å². The summed E-state index contributed by atoms with van der Waals surface area (Å²) in [5, 5.41) is 1.21. The quantitative estimate of drug-likeness (QED) is 0.795. The van der Waals surface area contributed by atoms with Gasteiger partial charge in [0, 0.05) is 23.1 Å². The Kier molecular flexibility index (Phi) is 3.70. The number of rotatable bonds is 3. The van der Waals surface area contributed by atoms with Gasteiger partial charge < -0.3 is 4.98 Å². The van der Waals surface area contributed by atoms with E-state index in [2.05, 4.69) is 11.1 Å². The molecule has 1 aromatic heterocycles. The van der Waals surface area contributed by atoms with Crippen molar-refractivity contribution in [2.24, 2.45) is 0 Å².